The second-order valence-electron chi connectivity index (χ2n) is 22.4. The minimum absolute atomic E-state index is 0.0770. The molecule has 0 radical (unpaired) electrons. The van der Waals surface area contributed by atoms with E-state index in [0.29, 0.717) is 19.3 Å². The number of hydrogen-bond donors (Lipinski definition) is 0. The van der Waals surface area contributed by atoms with E-state index in [1.165, 1.54) is 225 Å². The molecule has 1 atom stereocenters. The number of rotatable bonds is 61. The molecule has 0 heterocycles. The van der Waals surface area contributed by atoms with E-state index in [-0.39, 0.29) is 31.1 Å². The van der Waals surface area contributed by atoms with Crippen LogP contribution in [0.25, 0.3) is 0 Å². The quantitative estimate of drug-likeness (QED) is 0.0261. The van der Waals surface area contributed by atoms with Crippen molar-refractivity contribution in [1.29, 1.82) is 0 Å². The predicted molar refractivity (Wildman–Crippen MR) is 321 cm³/mol. The molecule has 0 fully saturated rings. The lowest BCUT2D eigenvalue weighted by Gasteiger charge is -2.18. The van der Waals surface area contributed by atoms with Crippen LogP contribution in [0.2, 0.25) is 0 Å². The zero-order chi connectivity index (χ0) is 53.6. The maximum atomic E-state index is 12.9. The summed E-state index contributed by atoms with van der Waals surface area (Å²) in [4.78, 5) is 38.2. The number of carbonyl (C=O) groups excluding carboxylic acids is 3. The first-order chi connectivity index (χ1) is 36.5. The van der Waals surface area contributed by atoms with Gasteiger partial charge < -0.3 is 14.2 Å². The van der Waals surface area contributed by atoms with Crippen LogP contribution in [0, 0.1) is 0 Å². The van der Waals surface area contributed by atoms with Crippen molar-refractivity contribution in [2.75, 3.05) is 13.2 Å². The van der Waals surface area contributed by atoms with E-state index >= 15 is 0 Å². The molecule has 0 aromatic rings. The fourth-order valence-corrected chi connectivity index (χ4v) is 9.89. The van der Waals surface area contributed by atoms with Crippen molar-refractivity contribution >= 4 is 17.9 Å². The molecule has 0 aliphatic carbocycles. The van der Waals surface area contributed by atoms with E-state index in [9.17, 15) is 14.4 Å². The fraction of sp³-hybridized carbons (Fsp3) is 0.868. The molecular formula is C68H126O6. The summed E-state index contributed by atoms with van der Waals surface area (Å²) in [7, 11) is 0. The molecule has 0 N–H and O–H groups in total. The summed E-state index contributed by atoms with van der Waals surface area (Å²) in [5, 5.41) is 0. The van der Waals surface area contributed by atoms with Crippen molar-refractivity contribution in [3.05, 3.63) is 36.5 Å². The van der Waals surface area contributed by atoms with Crippen LogP contribution in [-0.4, -0.2) is 37.2 Å². The van der Waals surface area contributed by atoms with Crippen LogP contribution in [0.5, 0.6) is 0 Å². The number of hydrogen-bond acceptors (Lipinski definition) is 6. The molecule has 0 amide bonds. The van der Waals surface area contributed by atoms with Crippen molar-refractivity contribution < 1.29 is 28.6 Å². The maximum absolute atomic E-state index is 12.9. The van der Waals surface area contributed by atoms with Crippen LogP contribution in [0.1, 0.15) is 361 Å². The molecule has 1 unspecified atom stereocenters. The third kappa shape index (κ3) is 60.5. The van der Waals surface area contributed by atoms with Gasteiger partial charge in [0.15, 0.2) is 6.10 Å². The van der Waals surface area contributed by atoms with Gasteiger partial charge in [-0.2, -0.15) is 0 Å². The van der Waals surface area contributed by atoms with Crippen molar-refractivity contribution in [2.24, 2.45) is 0 Å². The van der Waals surface area contributed by atoms with Gasteiger partial charge in [-0.3, -0.25) is 14.4 Å². The van der Waals surface area contributed by atoms with Gasteiger partial charge >= 0.3 is 17.9 Å². The van der Waals surface area contributed by atoms with Gasteiger partial charge in [-0.15, -0.1) is 0 Å². The molecule has 434 valence electrons. The Morgan fingerprint density at radius 2 is 0.514 bits per heavy atom. The summed E-state index contributed by atoms with van der Waals surface area (Å²) in [6.07, 6.45) is 77.6. The second kappa shape index (κ2) is 63.2. The number of unbranched alkanes of at least 4 members (excludes halogenated alkanes) is 44. The Morgan fingerprint density at radius 1 is 0.270 bits per heavy atom. The predicted octanol–water partition coefficient (Wildman–Crippen LogP) is 22.4. The van der Waals surface area contributed by atoms with E-state index in [4.69, 9.17) is 14.2 Å². The molecule has 6 heteroatoms. The van der Waals surface area contributed by atoms with Crippen LogP contribution in [-0.2, 0) is 28.6 Å². The zero-order valence-corrected chi connectivity index (χ0v) is 49.9. The smallest absolute Gasteiger partial charge is 0.306 e. The Bertz CT molecular complexity index is 1240. The lowest BCUT2D eigenvalue weighted by atomic mass is 10.0. The Hall–Kier alpha value is -2.37. The molecule has 0 aromatic heterocycles. The molecule has 0 aliphatic rings. The molecular weight excluding hydrogens is 913 g/mol. The fourth-order valence-electron chi connectivity index (χ4n) is 9.89. The van der Waals surface area contributed by atoms with Gasteiger partial charge in [-0.1, -0.05) is 308 Å². The highest BCUT2D eigenvalue weighted by atomic mass is 16.6. The standard InChI is InChI=1S/C68H126O6/c1-4-7-10-13-16-19-22-24-26-28-29-30-31-32-33-34-35-36-37-38-39-40-41-43-44-46-49-52-55-58-61-67(70)73-64-65(63-72-66(69)60-57-54-51-48-21-18-15-12-9-6-3)74-68(71)62-59-56-53-50-47-45-42-27-25-23-20-17-14-11-8-5-2/h12,15,20,23,27,42,65H,4-11,13-14,16-19,21-22,24-26,28-41,43-64H2,1-3H3/b15-12-,23-20-,42-27-. The number of allylic oxidation sites excluding steroid dienone is 6. The van der Waals surface area contributed by atoms with Crippen molar-refractivity contribution in [1.82, 2.24) is 0 Å². The molecule has 0 aromatic carbocycles. The van der Waals surface area contributed by atoms with Gasteiger partial charge in [-0.05, 0) is 70.6 Å². The third-order valence-electron chi connectivity index (χ3n) is 14.8. The topological polar surface area (TPSA) is 78.9 Å². The summed E-state index contributed by atoms with van der Waals surface area (Å²) >= 11 is 0. The first-order valence-corrected chi connectivity index (χ1v) is 33.0. The number of carbonyl (C=O) groups is 3. The van der Waals surface area contributed by atoms with Gasteiger partial charge in [0.2, 0.25) is 0 Å². The molecule has 0 bridgehead atoms. The van der Waals surface area contributed by atoms with Gasteiger partial charge in [-0.25, -0.2) is 0 Å². The first-order valence-electron chi connectivity index (χ1n) is 33.0. The third-order valence-corrected chi connectivity index (χ3v) is 14.8. The highest BCUT2D eigenvalue weighted by Gasteiger charge is 2.19. The Kier molecular flexibility index (Phi) is 61.1. The van der Waals surface area contributed by atoms with E-state index in [0.717, 1.165) is 96.3 Å². The van der Waals surface area contributed by atoms with E-state index < -0.39 is 6.10 Å². The largest absolute Gasteiger partial charge is 0.462 e. The molecule has 0 spiro atoms. The summed E-state index contributed by atoms with van der Waals surface area (Å²) in [5.74, 6) is -0.883. The summed E-state index contributed by atoms with van der Waals surface area (Å²) < 4.78 is 16.9. The highest BCUT2D eigenvalue weighted by molar-refractivity contribution is 5.71. The lowest BCUT2D eigenvalue weighted by molar-refractivity contribution is -0.167. The van der Waals surface area contributed by atoms with Gasteiger partial charge in [0.05, 0.1) is 0 Å². The minimum atomic E-state index is -0.780. The van der Waals surface area contributed by atoms with E-state index in [1.807, 2.05) is 0 Å². The van der Waals surface area contributed by atoms with Crippen LogP contribution < -0.4 is 0 Å². The number of esters is 3. The number of ether oxygens (including phenoxy) is 3. The van der Waals surface area contributed by atoms with Gasteiger partial charge in [0.1, 0.15) is 13.2 Å². The average Bonchev–Trinajstić information content (AvgIpc) is 3.40. The Balaban J connectivity index is 4.08. The Morgan fingerprint density at radius 3 is 0.824 bits per heavy atom. The molecule has 0 saturated heterocycles. The van der Waals surface area contributed by atoms with Crippen molar-refractivity contribution in [3.63, 3.8) is 0 Å². The van der Waals surface area contributed by atoms with Crippen molar-refractivity contribution in [3.8, 4) is 0 Å². The molecule has 0 saturated carbocycles. The van der Waals surface area contributed by atoms with E-state index in [1.54, 1.807) is 0 Å². The van der Waals surface area contributed by atoms with Crippen molar-refractivity contribution in [2.45, 2.75) is 367 Å². The monoisotopic (exact) mass is 1040 g/mol. The lowest BCUT2D eigenvalue weighted by Crippen LogP contribution is -2.30. The van der Waals surface area contributed by atoms with Crippen LogP contribution in [0.3, 0.4) is 0 Å². The molecule has 74 heavy (non-hydrogen) atoms. The molecule has 0 aliphatic heterocycles. The van der Waals surface area contributed by atoms with Crippen LogP contribution >= 0.6 is 0 Å². The average molecular weight is 1040 g/mol. The first kappa shape index (κ1) is 71.6. The Labute approximate surface area is 461 Å². The normalized spacial score (nSPS) is 12.2. The van der Waals surface area contributed by atoms with E-state index in [2.05, 4.69) is 57.2 Å². The summed E-state index contributed by atoms with van der Waals surface area (Å²) in [6, 6.07) is 0. The molecule has 6 nitrogen and oxygen atoms in total. The SMILES string of the molecule is CCC/C=C\CCCCCCCC(=O)OCC(COC(=O)CCCCCCCCCCCCCCCCCCCCCCCCCCCCCCCC)OC(=O)CCCCCCC/C=C\C/C=C\CCCCCC. The maximum Gasteiger partial charge on any atom is 0.306 e. The zero-order valence-electron chi connectivity index (χ0n) is 49.9. The highest BCUT2D eigenvalue weighted by Crippen LogP contribution is 2.18. The summed E-state index contributed by atoms with van der Waals surface area (Å²) in [6.45, 7) is 6.60. The minimum Gasteiger partial charge on any atom is -0.462 e. The van der Waals surface area contributed by atoms with Gasteiger partial charge in [0, 0.05) is 19.3 Å². The van der Waals surface area contributed by atoms with Crippen LogP contribution in [0.15, 0.2) is 36.5 Å². The second-order valence-corrected chi connectivity index (χ2v) is 22.4. The summed E-state index contributed by atoms with van der Waals surface area (Å²) in [5.41, 5.74) is 0. The van der Waals surface area contributed by atoms with Crippen LogP contribution in [0.4, 0.5) is 0 Å². The van der Waals surface area contributed by atoms with Gasteiger partial charge in [0.25, 0.3) is 0 Å². The molecule has 0 rings (SSSR count).